The van der Waals surface area contributed by atoms with E-state index in [0.29, 0.717) is 56.8 Å². The van der Waals surface area contributed by atoms with Crippen molar-refractivity contribution < 1.29 is 27.8 Å². The fourth-order valence-electron chi connectivity index (χ4n) is 6.31. The molecule has 2 aromatic carbocycles. The molecule has 1 saturated heterocycles. The van der Waals surface area contributed by atoms with Crippen LogP contribution in [0.4, 0.5) is 19.0 Å². The van der Waals surface area contributed by atoms with E-state index < -0.39 is 17.8 Å². The number of alkyl halides is 1. The summed E-state index contributed by atoms with van der Waals surface area (Å²) in [5.41, 5.74) is -0.550. The van der Waals surface area contributed by atoms with Crippen molar-refractivity contribution in [2.24, 2.45) is 5.41 Å². The van der Waals surface area contributed by atoms with Crippen molar-refractivity contribution in [3.8, 4) is 41.2 Å². The topological polar surface area (TPSA) is 83.8 Å². The zero-order valence-electron chi connectivity index (χ0n) is 26.2. The van der Waals surface area contributed by atoms with Crippen LogP contribution in [0, 0.1) is 29.4 Å². The number of hydrogen-bond acceptors (Lipinski definition) is 8. The second kappa shape index (κ2) is 13.1. The Kier molecular flexibility index (Phi) is 8.97. The molecule has 244 valence electrons. The zero-order valence-corrected chi connectivity index (χ0v) is 26.2. The molecule has 1 aliphatic heterocycles. The van der Waals surface area contributed by atoms with Gasteiger partial charge in [-0.15, -0.1) is 19.6 Å². The number of halogens is 3. The molecule has 0 atom stereocenters. The first kappa shape index (κ1) is 32.1. The molecule has 47 heavy (non-hydrogen) atoms. The van der Waals surface area contributed by atoms with Gasteiger partial charge in [-0.1, -0.05) is 24.1 Å². The van der Waals surface area contributed by atoms with Gasteiger partial charge in [-0.3, -0.25) is 0 Å². The van der Waals surface area contributed by atoms with Crippen LogP contribution in [-0.2, 0) is 0 Å². The van der Waals surface area contributed by atoms with Crippen molar-refractivity contribution in [3.63, 3.8) is 0 Å². The molecule has 0 bridgehead atoms. The van der Waals surface area contributed by atoms with Crippen LogP contribution in [0.25, 0.3) is 32.9 Å². The molecule has 0 unspecified atom stereocenters. The number of fused-ring (bicyclic) bond motifs is 2. The van der Waals surface area contributed by atoms with Crippen LogP contribution >= 0.6 is 0 Å². The Balaban J connectivity index is 1.50. The lowest BCUT2D eigenvalue weighted by molar-refractivity contribution is 0.107. The van der Waals surface area contributed by atoms with Crippen LogP contribution in [-0.4, -0.2) is 77.6 Å². The lowest BCUT2D eigenvalue weighted by Gasteiger charge is -2.31. The summed E-state index contributed by atoms with van der Waals surface area (Å²) >= 11 is 0. The minimum Gasteiger partial charge on any atom is -0.508 e. The number of methoxy groups -OCH3 is 1. The fourth-order valence-corrected chi connectivity index (χ4v) is 6.31. The minimum atomic E-state index is -0.860. The zero-order chi connectivity index (χ0) is 33.3. The SMILES string of the molecule is C#Cc1c(F)ccc2cc(O)cc(-c3nc(OC)c4c(N(CC=C)CC=C)nc(OCC5(CN6CCC(F)CC6)CC5)nc4c3F)c12. The highest BCUT2D eigenvalue weighted by Crippen LogP contribution is 2.47. The van der Waals surface area contributed by atoms with E-state index >= 15 is 4.39 Å². The summed E-state index contributed by atoms with van der Waals surface area (Å²) in [5, 5.41) is 11.4. The molecular weight excluding hydrogens is 607 g/mol. The van der Waals surface area contributed by atoms with Crippen LogP contribution in [0.15, 0.2) is 49.6 Å². The van der Waals surface area contributed by atoms with Crippen LogP contribution in [0.5, 0.6) is 17.6 Å². The number of benzene rings is 2. The van der Waals surface area contributed by atoms with Gasteiger partial charge in [0, 0.05) is 49.1 Å². The summed E-state index contributed by atoms with van der Waals surface area (Å²) < 4.78 is 57.4. The Morgan fingerprint density at radius 3 is 2.47 bits per heavy atom. The van der Waals surface area contributed by atoms with Crippen LogP contribution in [0.1, 0.15) is 31.2 Å². The number of aromatic hydroxyl groups is 1. The number of nitrogens with zero attached hydrogens (tertiary/aromatic N) is 5. The summed E-state index contributed by atoms with van der Waals surface area (Å²) in [7, 11) is 1.39. The van der Waals surface area contributed by atoms with Gasteiger partial charge in [0.15, 0.2) is 5.82 Å². The largest absolute Gasteiger partial charge is 0.508 e. The third kappa shape index (κ3) is 6.30. The number of piperidine rings is 1. The minimum absolute atomic E-state index is 0.00107. The molecule has 3 heterocycles. The summed E-state index contributed by atoms with van der Waals surface area (Å²) in [6, 6.07) is 5.29. The molecule has 1 saturated carbocycles. The first-order valence-corrected chi connectivity index (χ1v) is 15.5. The molecule has 1 N–H and O–H groups in total. The van der Waals surface area contributed by atoms with E-state index in [9.17, 15) is 13.9 Å². The average Bonchev–Trinajstić information content (AvgIpc) is 3.84. The predicted octanol–water partition coefficient (Wildman–Crippen LogP) is 6.59. The molecule has 11 heteroatoms. The van der Waals surface area contributed by atoms with Gasteiger partial charge in [0.05, 0.1) is 19.3 Å². The van der Waals surface area contributed by atoms with E-state index in [4.69, 9.17) is 20.9 Å². The summed E-state index contributed by atoms with van der Waals surface area (Å²) in [6.45, 7) is 10.8. The third-order valence-corrected chi connectivity index (χ3v) is 8.90. The molecule has 8 nitrogen and oxygen atoms in total. The Morgan fingerprint density at radius 1 is 1.11 bits per heavy atom. The molecule has 2 aliphatic rings. The first-order chi connectivity index (χ1) is 22.7. The molecule has 2 fully saturated rings. The highest BCUT2D eigenvalue weighted by molar-refractivity contribution is 6.04. The van der Waals surface area contributed by atoms with Gasteiger partial charge in [-0.25, -0.2) is 18.2 Å². The van der Waals surface area contributed by atoms with Gasteiger partial charge < -0.3 is 24.4 Å². The molecule has 0 amide bonds. The molecular formula is C36H36F3N5O3. The van der Waals surface area contributed by atoms with Gasteiger partial charge in [0.2, 0.25) is 5.88 Å². The van der Waals surface area contributed by atoms with Crippen molar-refractivity contribution in [3.05, 3.63) is 66.8 Å². The van der Waals surface area contributed by atoms with E-state index in [2.05, 4.69) is 33.9 Å². The highest BCUT2D eigenvalue weighted by Gasteiger charge is 2.45. The Bertz CT molecular complexity index is 1890. The standard InChI is InChI=1S/C36H36F3N5O3/c1-5-14-44(15-6-2)33-29-32(41-35(42-33)47-21-36(12-13-36)20-43-16-10-23(37)11-17-43)30(39)31(40-34(29)46-4)26-19-24(45)18-22-8-9-27(38)25(7-3)28(22)26/h3,5-6,8-9,18-19,23,45H,1-2,10-17,20-21H2,4H3. The lowest BCUT2D eigenvalue weighted by atomic mass is 9.95. The second-order valence-corrected chi connectivity index (χ2v) is 12.2. The van der Waals surface area contributed by atoms with Crippen LogP contribution in [0.2, 0.25) is 0 Å². The van der Waals surface area contributed by atoms with Gasteiger partial charge in [-0.05, 0) is 49.3 Å². The Morgan fingerprint density at radius 2 is 1.83 bits per heavy atom. The number of anilines is 1. The third-order valence-electron chi connectivity index (χ3n) is 8.90. The number of aromatic nitrogens is 3. The number of pyridine rings is 1. The van der Waals surface area contributed by atoms with Crippen molar-refractivity contribution >= 4 is 27.5 Å². The van der Waals surface area contributed by atoms with Crippen LogP contribution in [0.3, 0.4) is 0 Å². The number of hydrogen-bond donors (Lipinski definition) is 1. The van der Waals surface area contributed by atoms with Crippen molar-refractivity contribution in [2.45, 2.75) is 31.9 Å². The highest BCUT2D eigenvalue weighted by atomic mass is 19.1. The summed E-state index contributed by atoms with van der Waals surface area (Å²) in [5.74, 6) is 0.924. The number of likely N-dealkylation sites (tertiary alicyclic amines) is 1. The van der Waals surface area contributed by atoms with Crippen molar-refractivity contribution in [1.29, 1.82) is 0 Å². The maximum atomic E-state index is 16.9. The van der Waals surface area contributed by atoms with Crippen LogP contribution < -0.4 is 14.4 Å². The molecule has 1 aliphatic carbocycles. The molecule has 0 radical (unpaired) electrons. The number of phenolic OH excluding ortho intramolecular Hbond substituents is 1. The molecule has 6 rings (SSSR count). The number of rotatable bonds is 12. The van der Waals surface area contributed by atoms with Gasteiger partial charge in [0.1, 0.15) is 40.2 Å². The second-order valence-electron chi connectivity index (χ2n) is 12.2. The van der Waals surface area contributed by atoms with Gasteiger partial charge in [-0.2, -0.15) is 9.97 Å². The molecule has 0 spiro atoms. The summed E-state index contributed by atoms with van der Waals surface area (Å²) in [6.07, 6.45) is 11.2. The van der Waals surface area contributed by atoms with Gasteiger partial charge in [0.25, 0.3) is 0 Å². The van der Waals surface area contributed by atoms with E-state index in [1.165, 1.54) is 31.4 Å². The van der Waals surface area contributed by atoms with E-state index in [1.54, 1.807) is 12.2 Å². The number of terminal acetylenes is 1. The van der Waals surface area contributed by atoms with E-state index in [1.807, 2.05) is 4.90 Å². The molecule has 2 aromatic heterocycles. The number of ether oxygens (including phenoxy) is 2. The van der Waals surface area contributed by atoms with E-state index in [0.717, 1.165) is 19.4 Å². The first-order valence-electron chi connectivity index (χ1n) is 15.5. The lowest BCUT2D eigenvalue weighted by Crippen LogP contribution is -2.39. The van der Waals surface area contributed by atoms with Gasteiger partial charge >= 0.3 is 6.01 Å². The number of phenols is 1. The summed E-state index contributed by atoms with van der Waals surface area (Å²) in [4.78, 5) is 17.8. The maximum Gasteiger partial charge on any atom is 0.319 e. The monoisotopic (exact) mass is 643 g/mol. The average molecular weight is 644 g/mol. The Labute approximate surface area is 271 Å². The Hall–Kier alpha value is -4.82. The van der Waals surface area contributed by atoms with Crippen molar-refractivity contribution in [2.75, 3.05) is 51.3 Å². The quantitative estimate of drug-likeness (QED) is 0.137. The fraction of sp³-hybridized carbons (Fsp3) is 0.361. The maximum absolute atomic E-state index is 16.9. The molecule has 4 aromatic rings. The smallest absolute Gasteiger partial charge is 0.319 e. The predicted molar refractivity (Wildman–Crippen MR) is 177 cm³/mol. The normalized spacial score (nSPS) is 16.1. The van der Waals surface area contributed by atoms with Crippen molar-refractivity contribution in [1.82, 2.24) is 19.9 Å². The van der Waals surface area contributed by atoms with E-state index in [-0.39, 0.29) is 56.2 Å².